The van der Waals surface area contributed by atoms with Gasteiger partial charge in [-0.15, -0.1) is 0 Å². The summed E-state index contributed by atoms with van der Waals surface area (Å²) >= 11 is 0. The van der Waals surface area contributed by atoms with Gasteiger partial charge in [-0.25, -0.2) is 9.67 Å². The van der Waals surface area contributed by atoms with Gasteiger partial charge in [0.25, 0.3) is 0 Å². The molecule has 1 aliphatic rings. The van der Waals surface area contributed by atoms with E-state index in [2.05, 4.69) is 32.9 Å². The molecule has 1 aliphatic heterocycles. The van der Waals surface area contributed by atoms with Crippen LogP contribution in [0.2, 0.25) is 0 Å². The molecule has 9 nitrogen and oxygen atoms in total. The lowest BCUT2D eigenvalue weighted by molar-refractivity contribution is 0.0605. The molecule has 3 aromatic heterocycles. The number of morpholine rings is 1. The molecule has 1 saturated heterocycles. The fourth-order valence-corrected chi connectivity index (χ4v) is 3.81. The number of aromatic amines is 1. The van der Waals surface area contributed by atoms with Crippen LogP contribution in [0.15, 0.2) is 53.7 Å². The highest BCUT2D eigenvalue weighted by Crippen LogP contribution is 2.32. The number of fused-ring (bicyclic) bond motifs is 1. The number of nitrogens with zero attached hydrogens (tertiary/aromatic N) is 7. The first-order chi connectivity index (χ1) is 15.1. The zero-order chi connectivity index (χ0) is 21.4. The van der Waals surface area contributed by atoms with E-state index in [0.29, 0.717) is 31.0 Å². The van der Waals surface area contributed by atoms with E-state index in [-0.39, 0.29) is 0 Å². The molecule has 1 N–H and O–H groups in total. The summed E-state index contributed by atoms with van der Waals surface area (Å²) in [5.74, 6) is 0.783. The molecule has 0 bridgehead atoms. The number of nitriles is 1. The van der Waals surface area contributed by atoms with Crippen molar-refractivity contribution in [3.8, 4) is 23.1 Å². The topological polar surface area (TPSA) is 108 Å². The second-order valence-corrected chi connectivity index (χ2v) is 7.51. The van der Waals surface area contributed by atoms with Crippen molar-refractivity contribution in [3.05, 3.63) is 54.2 Å². The monoisotopic (exact) mass is 412 g/mol. The SMILES string of the molecule is C=N[C@@]1(C)COCCN1c1ccc2c(n1)c(-c1ccn[nH]1)nn2-c1ccc(C#N)cc1. The molecular formula is C22H20N8O. The van der Waals surface area contributed by atoms with Crippen molar-refractivity contribution < 1.29 is 4.74 Å². The van der Waals surface area contributed by atoms with Gasteiger partial charge in [-0.3, -0.25) is 10.1 Å². The molecule has 5 rings (SSSR count). The van der Waals surface area contributed by atoms with Crippen molar-refractivity contribution in [3.63, 3.8) is 0 Å². The minimum Gasteiger partial charge on any atom is -0.375 e. The molecule has 1 fully saturated rings. The molecule has 9 heteroatoms. The van der Waals surface area contributed by atoms with Crippen molar-refractivity contribution >= 4 is 23.6 Å². The maximum Gasteiger partial charge on any atom is 0.153 e. The molecule has 4 heterocycles. The van der Waals surface area contributed by atoms with Crippen LogP contribution in [0.3, 0.4) is 0 Å². The number of hydrogen-bond acceptors (Lipinski definition) is 7. The molecule has 4 aromatic rings. The second-order valence-electron chi connectivity index (χ2n) is 7.51. The number of pyridine rings is 1. The maximum atomic E-state index is 9.10. The molecule has 1 atom stereocenters. The lowest BCUT2D eigenvalue weighted by Crippen LogP contribution is -2.54. The summed E-state index contributed by atoms with van der Waals surface area (Å²) in [4.78, 5) is 11.4. The summed E-state index contributed by atoms with van der Waals surface area (Å²) in [5, 5.41) is 21.0. The van der Waals surface area contributed by atoms with E-state index in [1.807, 2.05) is 41.9 Å². The van der Waals surface area contributed by atoms with Gasteiger partial charge in [0.05, 0.1) is 41.7 Å². The Balaban J connectivity index is 1.69. The average Bonchev–Trinajstić information content (AvgIpc) is 3.47. The van der Waals surface area contributed by atoms with Gasteiger partial charge in [-0.05, 0) is 56.1 Å². The number of H-pyrrole nitrogens is 1. The first-order valence-corrected chi connectivity index (χ1v) is 9.86. The van der Waals surface area contributed by atoms with Crippen LogP contribution in [0.4, 0.5) is 5.82 Å². The van der Waals surface area contributed by atoms with Gasteiger partial charge in [0.1, 0.15) is 17.0 Å². The first kappa shape index (κ1) is 19.0. The van der Waals surface area contributed by atoms with Crippen molar-refractivity contribution in [2.75, 3.05) is 24.7 Å². The van der Waals surface area contributed by atoms with Crippen molar-refractivity contribution in [2.24, 2.45) is 4.99 Å². The Labute approximate surface area is 178 Å². The normalized spacial score (nSPS) is 18.8. The summed E-state index contributed by atoms with van der Waals surface area (Å²) in [6.45, 7) is 7.46. The summed E-state index contributed by atoms with van der Waals surface area (Å²) in [5.41, 5.74) is 3.90. The van der Waals surface area contributed by atoms with Crippen LogP contribution in [0, 0.1) is 11.3 Å². The highest BCUT2D eigenvalue weighted by Gasteiger charge is 2.35. The highest BCUT2D eigenvalue weighted by atomic mass is 16.5. The van der Waals surface area contributed by atoms with Crippen molar-refractivity contribution in [1.82, 2.24) is 25.0 Å². The number of nitrogens with one attached hydrogen (secondary N) is 1. The largest absolute Gasteiger partial charge is 0.375 e. The zero-order valence-electron chi connectivity index (χ0n) is 17.0. The Bertz CT molecular complexity index is 1290. The van der Waals surface area contributed by atoms with Crippen molar-refractivity contribution in [2.45, 2.75) is 12.6 Å². The Morgan fingerprint density at radius 1 is 1.23 bits per heavy atom. The smallest absolute Gasteiger partial charge is 0.153 e. The van der Waals surface area contributed by atoms with Gasteiger partial charge in [-0.2, -0.15) is 15.5 Å². The van der Waals surface area contributed by atoms with Crippen LogP contribution in [0.5, 0.6) is 0 Å². The third kappa shape index (κ3) is 3.14. The van der Waals surface area contributed by atoms with E-state index in [0.717, 1.165) is 28.2 Å². The highest BCUT2D eigenvalue weighted by molar-refractivity contribution is 5.91. The Morgan fingerprint density at radius 3 is 2.77 bits per heavy atom. The van der Waals surface area contributed by atoms with Gasteiger partial charge in [-0.1, -0.05) is 0 Å². The molecule has 0 spiro atoms. The molecule has 1 aromatic carbocycles. The number of anilines is 1. The Hall–Kier alpha value is -4.03. The van der Waals surface area contributed by atoms with E-state index in [1.165, 1.54) is 0 Å². The van der Waals surface area contributed by atoms with E-state index < -0.39 is 5.66 Å². The number of aromatic nitrogens is 5. The first-order valence-electron chi connectivity index (χ1n) is 9.86. The quantitative estimate of drug-likeness (QED) is 0.516. The van der Waals surface area contributed by atoms with Crippen LogP contribution in [0.25, 0.3) is 28.1 Å². The molecule has 0 aliphatic carbocycles. The van der Waals surface area contributed by atoms with Crippen LogP contribution in [-0.2, 0) is 4.74 Å². The maximum absolute atomic E-state index is 9.10. The van der Waals surface area contributed by atoms with Gasteiger partial charge in [0.2, 0.25) is 0 Å². The molecule has 0 amide bonds. The second kappa shape index (κ2) is 7.34. The molecule has 31 heavy (non-hydrogen) atoms. The Morgan fingerprint density at radius 2 is 2.06 bits per heavy atom. The lowest BCUT2D eigenvalue weighted by atomic mass is 10.1. The van der Waals surface area contributed by atoms with Gasteiger partial charge in [0, 0.05) is 12.7 Å². The number of rotatable bonds is 4. The summed E-state index contributed by atoms with van der Waals surface area (Å²) in [7, 11) is 0. The van der Waals surface area contributed by atoms with Gasteiger partial charge < -0.3 is 9.64 Å². The van der Waals surface area contributed by atoms with E-state index in [4.69, 9.17) is 20.1 Å². The minimum absolute atomic E-state index is 0.453. The Kier molecular flexibility index (Phi) is 4.49. The molecule has 0 saturated carbocycles. The number of hydrogen-bond donors (Lipinski definition) is 1. The third-order valence-corrected chi connectivity index (χ3v) is 5.54. The molecule has 0 unspecified atom stereocenters. The number of ether oxygens (including phenoxy) is 1. The van der Waals surface area contributed by atoms with E-state index in [9.17, 15) is 0 Å². The van der Waals surface area contributed by atoms with E-state index in [1.54, 1.807) is 18.3 Å². The summed E-state index contributed by atoms with van der Waals surface area (Å²) in [6.07, 6.45) is 1.69. The molecule has 154 valence electrons. The predicted molar refractivity (Wildman–Crippen MR) is 117 cm³/mol. The standard InChI is InChI=1S/C22H20N8O/c1-22(24-2)14-31-12-11-29(22)19-8-7-18-21(26-19)20(17-9-10-25-27-17)28-30(18)16-5-3-15(13-23)4-6-16/h3-10H,2,11-12,14H2,1H3,(H,25,27)/t22-/m1/s1. The number of aliphatic imine (C=N–C) groups is 1. The number of benzene rings is 1. The van der Waals surface area contributed by atoms with Crippen LogP contribution in [0.1, 0.15) is 12.5 Å². The fourth-order valence-electron chi connectivity index (χ4n) is 3.81. The fraction of sp³-hybridized carbons (Fsp3) is 0.227. The van der Waals surface area contributed by atoms with Crippen LogP contribution < -0.4 is 4.90 Å². The average molecular weight is 412 g/mol. The predicted octanol–water partition coefficient (Wildman–Crippen LogP) is 2.94. The summed E-state index contributed by atoms with van der Waals surface area (Å²) in [6, 6.07) is 15.3. The zero-order valence-corrected chi connectivity index (χ0v) is 17.0. The minimum atomic E-state index is -0.587. The summed E-state index contributed by atoms with van der Waals surface area (Å²) < 4.78 is 7.45. The third-order valence-electron chi connectivity index (χ3n) is 5.54. The molecular weight excluding hydrogens is 392 g/mol. The van der Waals surface area contributed by atoms with Gasteiger partial charge in [0.15, 0.2) is 5.66 Å². The molecule has 0 radical (unpaired) electrons. The lowest BCUT2D eigenvalue weighted by Gasteiger charge is -2.42. The van der Waals surface area contributed by atoms with Crippen molar-refractivity contribution in [1.29, 1.82) is 5.26 Å². The van der Waals surface area contributed by atoms with Crippen LogP contribution in [-0.4, -0.2) is 57.1 Å². The van der Waals surface area contributed by atoms with Crippen LogP contribution >= 0.6 is 0 Å². The van der Waals surface area contributed by atoms with Gasteiger partial charge >= 0.3 is 0 Å². The van der Waals surface area contributed by atoms with E-state index >= 15 is 0 Å².